The zero-order valence-corrected chi connectivity index (χ0v) is 26.2. The van der Waals surface area contributed by atoms with Gasteiger partial charge in [-0.1, -0.05) is 45.7 Å². The topological polar surface area (TPSA) is 102 Å². The van der Waals surface area contributed by atoms with E-state index in [9.17, 15) is 4.79 Å². The Morgan fingerprint density at radius 1 is 1.12 bits per heavy atom. The van der Waals surface area contributed by atoms with E-state index >= 15 is 0 Å². The third-order valence-electron chi connectivity index (χ3n) is 8.02. The molecule has 1 saturated heterocycles. The number of rotatable bonds is 14. The average molecular weight is 582 g/mol. The van der Waals surface area contributed by atoms with Crippen LogP contribution in [0, 0.1) is 0 Å². The summed E-state index contributed by atoms with van der Waals surface area (Å²) >= 11 is 1.82. The van der Waals surface area contributed by atoms with E-state index in [2.05, 4.69) is 70.0 Å². The molecule has 1 aliphatic rings. The molecule has 224 valence electrons. The summed E-state index contributed by atoms with van der Waals surface area (Å²) in [7, 11) is 1.73. The highest BCUT2D eigenvalue weighted by Gasteiger charge is 2.24. The number of hydrogen-bond donors (Lipinski definition) is 2. The van der Waals surface area contributed by atoms with Gasteiger partial charge in [0.15, 0.2) is 5.82 Å². The first kappa shape index (κ1) is 31.0. The van der Waals surface area contributed by atoms with Crippen LogP contribution in [-0.4, -0.2) is 81.1 Å². The van der Waals surface area contributed by atoms with Crippen molar-refractivity contribution in [2.75, 3.05) is 57.1 Å². The van der Waals surface area contributed by atoms with Crippen LogP contribution in [0.25, 0.3) is 11.0 Å². The van der Waals surface area contributed by atoms with Crippen LogP contribution in [0.1, 0.15) is 64.0 Å². The van der Waals surface area contributed by atoms with Crippen LogP contribution in [0.2, 0.25) is 0 Å². The molecule has 0 saturated carbocycles. The molecule has 2 aromatic heterocycles. The first-order valence-electron chi connectivity index (χ1n) is 14.8. The second kappa shape index (κ2) is 14.3. The van der Waals surface area contributed by atoms with E-state index in [1.165, 1.54) is 18.4 Å². The van der Waals surface area contributed by atoms with Crippen LogP contribution < -0.4 is 15.8 Å². The molecule has 0 radical (unpaired) electrons. The van der Waals surface area contributed by atoms with E-state index in [1.807, 2.05) is 28.9 Å². The molecule has 3 N–H and O–H groups in total. The van der Waals surface area contributed by atoms with E-state index in [1.54, 1.807) is 7.11 Å². The number of nitrogens with two attached hydrogens (primary N) is 1. The fourth-order valence-corrected chi connectivity index (χ4v) is 5.55. The molecule has 41 heavy (non-hydrogen) atoms. The molecule has 0 atom stereocenters. The number of benzene rings is 1. The summed E-state index contributed by atoms with van der Waals surface area (Å²) in [6.07, 6.45) is 9.11. The number of hydrogen-bond acceptors (Lipinski definition) is 8. The Morgan fingerprint density at radius 2 is 1.90 bits per heavy atom. The van der Waals surface area contributed by atoms with Crippen molar-refractivity contribution in [2.24, 2.45) is 0 Å². The standard InChI is InChI=1S/C31H47N7O2S/c1-6-7-8-14-33-29-28-25(34-30(32)35-29)12-15-38(28)22-24-10-9-23(20-26(24)40-4)21-36-16-18-37(19-17-36)27(39)11-13-31(2,3)41-5/h9-10,12,15,20H,6-8,11,13-14,16-19,21-22H2,1-5H3,(H3,32,33,34,35). The average Bonchev–Trinajstić information content (AvgIpc) is 3.37. The van der Waals surface area contributed by atoms with E-state index in [-0.39, 0.29) is 16.6 Å². The lowest BCUT2D eigenvalue weighted by molar-refractivity contribution is -0.133. The number of ether oxygens (including phenoxy) is 1. The normalized spacial score (nSPS) is 14.5. The molecule has 1 aromatic carbocycles. The molecule has 3 heterocycles. The Balaban J connectivity index is 1.38. The van der Waals surface area contributed by atoms with Crippen LogP contribution in [0.3, 0.4) is 0 Å². The third-order valence-corrected chi connectivity index (χ3v) is 9.33. The van der Waals surface area contributed by atoms with Gasteiger partial charge in [-0.2, -0.15) is 16.7 Å². The molecule has 3 aromatic rings. The molecule has 1 fully saturated rings. The predicted octanol–water partition coefficient (Wildman–Crippen LogP) is 5.24. The number of thioether (sulfide) groups is 1. The summed E-state index contributed by atoms with van der Waals surface area (Å²) in [6.45, 7) is 12.3. The van der Waals surface area contributed by atoms with E-state index in [4.69, 9.17) is 10.5 Å². The van der Waals surface area contributed by atoms with Gasteiger partial charge in [0.05, 0.1) is 19.2 Å². The number of anilines is 2. The van der Waals surface area contributed by atoms with Crippen molar-refractivity contribution >= 4 is 40.5 Å². The van der Waals surface area contributed by atoms with Gasteiger partial charge in [-0.3, -0.25) is 9.69 Å². The van der Waals surface area contributed by atoms with Gasteiger partial charge in [0.2, 0.25) is 11.9 Å². The Bertz CT molecular complexity index is 1300. The minimum atomic E-state index is 0.145. The lowest BCUT2D eigenvalue weighted by Crippen LogP contribution is -2.48. The summed E-state index contributed by atoms with van der Waals surface area (Å²) in [5.74, 6) is 2.20. The van der Waals surface area contributed by atoms with E-state index in [0.717, 1.165) is 80.3 Å². The molecule has 1 aliphatic heterocycles. The van der Waals surface area contributed by atoms with Gasteiger partial charge in [0.1, 0.15) is 11.3 Å². The van der Waals surface area contributed by atoms with Gasteiger partial charge in [0, 0.05) is 62.2 Å². The molecule has 0 aliphatic carbocycles. The second-order valence-corrected chi connectivity index (χ2v) is 13.0. The summed E-state index contributed by atoms with van der Waals surface area (Å²) in [5, 5.41) is 3.47. The fourth-order valence-electron chi connectivity index (χ4n) is 5.24. The van der Waals surface area contributed by atoms with Crippen molar-refractivity contribution in [3.63, 3.8) is 0 Å². The van der Waals surface area contributed by atoms with E-state index in [0.29, 0.717) is 13.0 Å². The number of nitrogen functional groups attached to an aromatic ring is 1. The van der Waals surface area contributed by atoms with Crippen LogP contribution in [0.5, 0.6) is 5.75 Å². The Kier molecular flexibility index (Phi) is 10.8. The molecular formula is C31H47N7O2S. The van der Waals surface area contributed by atoms with Crippen molar-refractivity contribution in [3.8, 4) is 5.75 Å². The van der Waals surface area contributed by atoms with Crippen molar-refractivity contribution in [1.29, 1.82) is 0 Å². The number of fused-ring (bicyclic) bond motifs is 1. The summed E-state index contributed by atoms with van der Waals surface area (Å²) < 4.78 is 8.14. The third kappa shape index (κ3) is 8.29. The largest absolute Gasteiger partial charge is 0.496 e. The highest BCUT2D eigenvalue weighted by Crippen LogP contribution is 2.29. The zero-order chi connectivity index (χ0) is 29.4. The first-order valence-corrected chi connectivity index (χ1v) is 16.0. The number of carbonyl (C=O) groups excluding carboxylic acids is 1. The lowest BCUT2D eigenvalue weighted by Gasteiger charge is -2.35. The summed E-state index contributed by atoms with van der Waals surface area (Å²) in [5.41, 5.74) is 10.1. The SMILES string of the molecule is CCCCCNc1nc(N)nc2ccn(Cc3ccc(CN4CCN(C(=O)CCC(C)(C)SC)CC4)cc3OC)c12. The number of carbonyl (C=O) groups is 1. The number of piperazine rings is 1. The molecule has 0 unspecified atom stereocenters. The van der Waals surface area contributed by atoms with Gasteiger partial charge >= 0.3 is 0 Å². The van der Waals surface area contributed by atoms with Crippen molar-refractivity contribution < 1.29 is 9.53 Å². The summed E-state index contributed by atoms with van der Waals surface area (Å²) in [4.78, 5) is 26.1. The molecule has 0 bridgehead atoms. The fraction of sp³-hybridized carbons (Fsp3) is 0.581. The minimum Gasteiger partial charge on any atom is -0.496 e. The Labute approximate surface area is 249 Å². The van der Waals surface area contributed by atoms with Gasteiger partial charge < -0.3 is 25.3 Å². The molecule has 9 nitrogen and oxygen atoms in total. The lowest BCUT2D eigenvalue weighted by atomic mass is 10.1. The zero-order valence-electron chi connectivity index (χ0n) is 25.4. The van der Waals surface area contributed by atoms with Crippen LogP contribution in [-0.2, 0) is 17.9 Å². The van der Waals surface area contributed by atoms with Crippen LogP contribution in [0.15, 0.2) is 30.5 Å². The van der Waals surface area contributed by atoms with Gasteiger partial charge in [-0.25, -0.2) is 4.98 Å². The number of unbranched alkanes of at least 4 members (excludes halogenated alkanes) is 2. The van der Waals surface area contributed by atoms with E-state index < -0.39 is 0 Å². The van der Waals surface area contributed by atoms with Gasteiger partial charge in [-0.15, -0.1) is 0 Å². The van der Waals surface area contributed by atoms with Crippen molar-refractivity contribution in [2.45, 2.75) is 70.7 Å². The predicted molar refractivity (Wildman–Crippen MR) is 171 cm³/mol. The number of methoxy groups -OCH3 is 1. The molecule has 1 amide bonds. The maximum Gasteiger partial charge on any atom is 0.222 e. The molecule has 0 spiro atoms. The van der Waals surface area contributed by atoms with Crippen molar-refractivity contribution in [1.82, 2.24) is 24.3 Å². The smallest absolute Gasteiger partial charge is 0.222 e. The Morgan fingerprint density at radius 3 is 2.61 bits per heavy atom. The summed E-state index contributed by atoms with van der Waals surface area (Å²) in [6, 6.07) is 8.46. The van der Waals surface area contributed by atoms with Gasteiger partial charge in [-0.05, 0) is 36.8 Å². The molecule has 4 rings (SSSR count). The monoisotopic (exact) mass is 581 g/mol. The first-order chi connectivity index (χ1) is 19.7. The number of nitrogens with zero attached hydrogens (tertiary/aromatic N) is 5. The Hall–Kier alpha value is -2.98. The maximum atomic E-state index is 12.7. The second-order valence-electron chi connectivity index (χ2n) is 11.5. The van der Waals surface area contributed by atoms with Crippen LogP contribution >= 0.6 is 11.8 Å². The van der Waals surface area contributed by atoms with Crippen LogP contribution in [0.4, 0.5) is 11.8 Å². The molecular weight excluding hydrogens is 534 g/mol. The number of amides is 1. The quantitative estimate of drug-likeness (QED) is 0.249. The van der Waals surface area contributed by atoms with Crippen molar-refractivity contribution in [3.05, 3.63) is 41.6 Å². The maximum absolute atomic E-state index is 12.7. The molecule has 10 heteroatoms. The highest BCUT2D eigenvalue weighted by molar-refractivity contribution is 7.99. The van der Waals surface area contributed by atoms with Gasteiger partial charge in [0.25, 0.3) is 0 Å². The number of nitrogens with one attached hydrogen (secondary N) is 1. The highest BCUT2D eigenvalue weighted by atomic mass is 32.2. The number of aromatic nitrogens is 3. The minimum absolute atomic E-state index is 0.145.